The normalized spacial score (nSPS) is 10.9. The molecular weight excluding hydrogens is 230 g/mol. The number of fused-ring (bicyclic) bond motifs is 1. The number of hydrogen-bond acceptors (Lipinski definition) is 3. The van der Waals surface area contributed by atoms with Crippen LogP contribution in [0.5, 0.6) is 5.75 Å². The monoisotopic (exact) mass is 245 g/mol. The summed E-state index contributed by atoms with van der Waals surface area (Å²) in [6, 6.07) is 6.68. The average Bonchev–Trinajstić information content (AvgIpc) is 2.71. The zero-order valence-corrected chi connectivity index (χ0v) is 10.6. The molecule has 4 nitrogen and oxygen atoms in total. The Hall–Kier alpha value is -2.10. The van der Waals surface area contributed by atoms with Gasteiger partial charge in [-0.3, -0.25) is 9.59 Å². The van der Waals surface area contributed by atoms with Gasteiger partial charge in [0.25, 0.3) is 0 Å². The maximum Gasteiger partial charge on any atom is 0.160 e. The van der Waals surface area contributed by atoms with Gasteiger partial charge in [-0.05, 0) is 38.1 Å². The third-order valence-electron chi connectivity index (χ3n) is 2.98. The van der Waals surface area contributed by atoms with E-state index in [1.165, 1.54) is 13.8 Å². The maximum atomic E-state index is 11.6. The molecule has 0 fully saturated rings. The first-order chi connectivity index (χ1) is 8.54. The molecule has 1 heterocycles. The van der Waals surface area contributed by atoms with Gasteiger partial charge in [0, 0.05) is 17.1 Å². The molecule has 0 aliphatic carbocycles. The molecule has 18 heavy (non-hydrogen) atoms. The maximum absolute atomic E-state index is 11.6. The van der Waals surface area contributed by atoms with Crippen molar-refractivity contribution in [3.63, 3.8) is 0 Å². The number of nitrogens with zero attached hydrogens (tertiary/aromatic N) is 1. The van der Waals surface area contributed by atoms with E-state index in [9.17, 15) is 9.59 Å². The van der Waals surface area contributed by atoms with Gasteiger partial charge in [-0.15, -0.1) is 0 Å². The van der Waals surface area contributed by atoms with E-state index in [-0.39, 0.29) is 11.6 Å². The highest BCUT2D eigenvalue weighted by Crippen LogP contribution is 2.25. The lowest BCUT2D eigenvalue weighted by atomic mass is 10.1. The number of carbonyl (C=O) groups is 2. The number of Topliss-reactive ketones (excluding diaryl/α,β-unsaturated/α-hetero) is 2. The van der Waals surface area contributed by atoms with Crippen molar-refractivity contribution in [3.05, 3.63) is 30.5 Å². The topological polar surface area (TPSA) is 48.3 Å². The fourth-order valence-corrected chi connectivity index (χ4v) is 2.17. The molecule has 0 N–H and O–H groups in total. The van der Waals surface area contributed by atoms with Crippen LogP contribution in [0.3, 0.4) is 0 Å². The fraction of sp³-hybridized carbons (Fsp3) is 0.286. The Bertz CT molecular complexity index is 599. The molecule has 0 radical (unpaired) electrons. The fourth-order valence-electron chi connectivity index (χ4n) is 2.17. The largest absolute Gasteiger partial charge is 0.497 e. The lowest BCUT2D eigenvalue weighted by Crippen LogP contribution is -2.23. The van der Waals surface area contributed by atoms with Gasteiger partial charge in [-0.25, -0.2) is 0 Å². The summed E-state index contributed by atoms with van der Waals surface area (Å²) in [6.07, 6.45) is 1.76. The molecule has 0 aliphatic rings. The van der Waals surface area contributed by atoms with Gasteiger partial charge in [-0.2, -0.15) is 0 Å². The van der Waals surface area contributed by atoms with Crippen molar-refractivity contribution >= 4 is 22.5 Å². The third-order valence-corrected chi connectivity index (χ3v) is 2.98. The molecule has 0 saturated heterocycles. The highest BCUT2D eigenvalue weighted by Gasteiger charge is 2.22. The van der Waals surface area contributed by atoms with Gasteiger partial charge in [-0.1, -0.05) is 0 Å². The van der Waals surface area contributed by atoms with E-state index in [1.54, 1.807) is 17.9 Å². The molecule has 0 spiro atoms. The predicted octanol–water partition coefficient (Wildman–Crippen LogP) is 2.37. The van der Waals surface area contributed by atoms with Crippen LogP contribution in [-0.4, -0.2) is 23.2 Å². The third kappa shape index (κ3) is 2.01. The quantitative estimate of drug-likeness (QED) is 0.777. The van der Waals surface area contributed by atoms with E-state index < -0.39 is 6.04 Å². The standard InChI is InChI=1S/C14H15NO3/c1-9(16)14(10(2)17)15-7-6-11-8-12(18-3)4-5-13(11)15/h4-8,14H,1-3H3. The lowest BCUT2D eigenvalue weighted by molar-refractivity contribution is -0.129. The molecule has 0 amide bonds. The van der Waals surface area contributed by atoms with Crippen LogP contribution in [-0.2, 0) is 9.59 Å². The van der Waals surface area contributed by atoms with Crippen molar-refractivity contribution in [3.8, 4) is 5.75 Å². The minimum absolute atomic E-state index is 0.157. The number of methoxy groups -OCH3 is 1. The molecular formula is C14H15NO3. The molecule has 2 aromatic rings. The Morgan fingerprint density at radius 1 is 1.17 bits per heavy atom. The molecule has 0 bridgehead atoms. The molecule has 0 atom stereocenters. The van der Waals surface area contributed by atoms with Gasteiger partial charge >= 0.3 is 0 Å². The molecule has 1 aromatic heterocycles. The molecule has 1 aromatic carbocycles. The Kier molecular flexibility index (Phi) is 3.19. The highest BCUT2D eigenvalue weighted by atomic mass is 16.5. The van der Waals surface area contributed by atoms with Gasteiger partial charge in [0.2, 0.25) is 0 Å². The number of carbonyl (C=O) groups excluding carboxylic acids is 2. The number of aromatic nitrogens is 1. The minimum atomic E-state index is -0.740. The Balaban J connectivity index is 2.58. The van der Waals surface area contributed by atoms with Crippen LogP contribution in [0.2, 0.25) is 0 Å². The predicted molar refractivity (Wildman–Crippen MR) is 68.9 cm³/mol. The SMILES string of the molecule is COc1ccc2c(ccn2C(C(C)=O)C(C)=O)c1. The van der Waals surface area contributed by atoms with Crippen molar-refractivity contribution in [1.82, 2.24) is 4.57 Å². The summed E-state index contributed by atoms with van der Waals surface area (Å²) in [7, 11) is 1.60. The van der Waals surface area contributed by atoms with Crippen molar-refractivity contribution in [2.24, 2.45) is 0 Å². The molecule has 4 heteroatoms. The van der Waals surface area contributed by atoms with Crippen molar-refractivity contribution in [2.75, 3.05) is 7.11 Å². The molecule has 94 valence electrons. The van der Waals surface area contributed by atoms with Crippen LogP contribution in [0.4, 0.5) is 0 Å². The van der Waals surface area contributed by atoms with Crippen molar-refractivity contribution < 1.29 is 14.3 Å². The van der Waals surface area contributed by atoms with Crippen molar-refractivity contribution in [2.45, 2.75) is 19.9 Å². The summed E-state index contributed by atoms with van der Waals surface area (Å²) >= 11 is 0. The van der Waals surface area contributed by atoms with Crippen LogP contribution >= 0.6 is 0 Å². The summed E-state index contributed by atoms with van der Waals surface area (Å²) in [4.78, 5) is 23.2. The van der Waals surface area contributed by atoms with Gasteiger partial charge < -0.3 is 9.30 Å². The summed E-state index contributed by atoms with van der Waals surface area (Å²) in [5.74, 6) is 0.439. The molecule has 0 aliphatic heterocycles. The van der Waals surface area contributed by atoms with E-state index in [1.807, 2.05) is 24.3 Å². The smallest absolute Gasteiger partial charge is 0.160 e. The summed E-state index contributed by atoms with van der Waals surface area (Å²) in [5, 5.41) is 0.946. The number of hydrogen-bond donors (Lipinski definition) is 0. The molecule has 0 unspecified atom stereocenters. The number of ether oxygens (including phenoxy) is 1. The first-order valence-corrected chi connectivity index (χ1v) is 5.70. The second kappa shape index (κ2) is 4.64. The van der Waals surface area contributed by atoms with E-state index in [0.29, 0.717) is 0 Å². The van der Waals surface area contributed by atoms with E-state index in [4.69, 9.17) is 4.74 Å². The molecule has 0 saturated carbocycles. The van der Waals surface area contributed by atoms with Crippen LogP contribution in [0, 0.1) is 0 Å². The van der Waals surface area contributed by atoms with Crippen LogP contribution in [0.15, 0.2) is 30.5 Å². The van der Waals surface area contributed by atoms with E-state index in [0.717, 1.165) is 16.7 Å². The van der Waals surface area contributed by atoms with E-state index >= 15 is 0 Å². The van der Waals surface area contributed by atoms with Crippen LogP contribution in [0.25, 0.3) is 10.9 Å². The van der Waals surface area contributed by atoms with Crippen molar-refractivity contribution in [1.29, 1.82) is 0 Å². The highest BCUT2D eigenvalue weighted by molar-refractivity contribution is 6.03. The second-order valence-electron chi connectivity index (χ2n) is 4.27. The van der Waals surface area contributed by atoms with Crippen LogP contribution < -0.4 is 4.74 Å². The van der Waals surface area contributed by atoms with Gasteiger partial charge in [0.05, 0.1) is 7.11 Å². The van der Waals surface area contributed by atoms with Crippen LogP contribution in [0.1, 0.15) is 19.9 Å². The first kappa shape index (κ1) is 12.4. The summed E-state index contributed by atoms with van der Waals surface area (Å²) < 4.78 is 6.85. The van der Waals surface area contributed by atoms with E-state index in [2.05, 4.69) is 0 Å². The Labute approximate surface area is 105 Å². The number of ketones is 2. The Morgan fingerprint density at radius 2 is 1.83 bits per heavy atom. The zero-order valence-electron chi connectivity index (χ0n) is 10.6. The van der Waals surface area contributed by atoms with Gasteiger partial charge in [0.1, 0.15) is 11.8 Å². The summed E-state index contributed by atoms with van der Waals surface area (Å²) in [6.45, 7) is 2.86. The minimum Gasteiger partial charge on any atom is -0.497 e. The lowest BCUT2D eigenvalue weighted by Gasteiger charge is -2.14. The average molecular weight is 245 g/mol. The Morgan fingerprint density at radius 3 is 2.39 bits per heavy atom. The van der Waals surface area contributed by atoms with Gasteiger partial charge in [0.15, 0.2) is 11.6 Å². The number of benzene rings is 1. The number of rotatable bonds is 4. The first-order valence-electron chi connectivity index (χ1n) is 5.70. The molecule has 2 rings (SSSR count). The second-order valence-corrected chi connectivity index (χ2v) is 4.27. The summed E-state index contributed by atoms with van der Waals surface area (Å²) in [5.41, 5.74) is 0.853. The zero-order chi connectivity index (χ0) is 13.3.